The van der Waals surface area contributed by atoms with Gasteiger partial charge in [0.25, 0.3) is 0 Å². The van der Waals surface area contributed by atoms with Crippen molar-refractivity contribution in [1.82, 2.24) is 10.3 Å². The van der Waals surface area contributed by atoms with Crippen LogP contribution in [0.1, 0.15) is 42.5 Å². The van der Waals surface area contributed by atoms with Gasteiger partial charge in [0.15, 0.2) is 0 Å². The van der Waals surface area contributed by atoms with E-state index in [1.807, 2.05) is 43.0 Å². The van der Waals surface area contributed by atoms with Crippen LogP contribution in [0.4, 0.5) is 19.0 Å². The maximum absolute atomic E-state index is 12.8. The average Bonchev–Trinajstić information content (AvgIpc) is 2.67. The van der Waals surface area contributed by atoms with Crippen molar-refractivity contribution in [2.24, 2.45) is 5.92 Å². The topological polar surface area (TPSA) is 45.2 Å². The zero-order valence-electron chi connectivity index (χ0n) is 16.3. The Balaban J connectivity index is 1.59. The van der Waals surface area contributed by atoms with Crippen LogP contribution in [0.15, 0.2) is 36.5 Å². The lowest BCUT2D eigenvalue weighted by molar-refractivity contribution is -0.137. The summed E-state index contributed by atoms with van der Waals surface area (Å²) in [5.74, 6) is 0.171. The fourth-order valence-corrected chi connectivity index (χ4v) is 3.94. The van der Waals surface area contributed by atoms with Gasteiger partial charge < -0.3 is 10.2 Å². The van der Waals surface area contributed by atoms with Crippen molar-refractivity contribution >= 4 is 23.3 Å². The normalized spacial score (nSPS) is 16.6. The Morgan fingerprint density at radius 1 is 1.28 bits per heavy atom. The van der Waals surface area contributed by atoms with Crippen molar-refractivity contribution in [3.63, 3.8) is 0 Å². The van der Waals surface area contributed by atoms with Crippen LogP contribution < -0.4 is 10.2 Å². The number of nitrogens with zero attached hydrogens (tertiary/aromatic N) is 2. The molecule has 1 aliphatic heterocycles. The van der Waals surface area contributed by atoms with Crippen LogP contribution in [0.2, 0.25) is 5.02 Å². The SMILES string of the molecule is Cc1ccccc1C(C)NC(=O)C1CCN(c2ncc(C(F)(F)F)cc2Cl)CC1. The van der Waals surface area contributed by atoms with Crippen LogP contribution in [-0.4, -0.2) is 24.0 Å². The summed E-state index contributed by atoms with van der Waals surface area (Å²) in [5, 5.41) is 3.04. The van der Waals surface area contributed by atoms with Crippen molar-refractivity contribution in [3.05, 3.63) is 58.2 Å². The maximum Gasteiger partial charge on any atom is 0.417 e. The molecule has 1 aromatic carbocycles. The van der Waals surface area contributed by atoms with Gasteiger partial charge in [-0.3, -0.25) is 4.79 Å². The number of carbonyl (C=O) groups is 1. The molecule has 1 fully saturated rings. The van der Waals surface area contributed by atoms with E-state index >= 15 is 0 Å². The van der Waals surface area contributed by atoms with Gasteiger partial charge >= 0.3 is 6.18 Å². The Bertz CT molecular complexity index is 880. The lowest BCUT2D eigenvalue weighted by atomic mass is 9.94. The van der Waals surface area contributed by atoms with Crippen LogP contribution in [-0.2, 0) is 11.0 Å². The van der Waals surface area contributed by atoms with E-state index in [0.29, 0.717) is 31.7 Å². The first-order valence-corrected chi connectivity index (χ1v) is 9.88. The molecule has 1 aromatic heterocycles. The summed E-state index contributed by atoms with van der Waals surface area (Å²) in [6.45, 7) is 4.99. The van der Waals surface area contributed by atoms with E-state index in [9.17, 15) is 18.0 Å². The molecule has 1 N–H and O–H groups in total. The number of aromatic nitrogens is 1. The standard InChI is InChI=1S/C21H23ClF3N3O/c1-13-5-3-4-6-17(13)14(2)27-20(29)15-7-9-28(10-8-15)19-18(22)11-16(12-26-19)21(23,24)25/h3-6,11-12,14-15H,7-10H2,1-2H3,(H,27,29). The van der Waals surface area contributed by atoms with Crippen LogP contribution >= 0.6 is 11.6 Å². The van der Waals surface area contributed by atoms with E-state index in [-0.39, 0.29) is 22.9 Å². The molecule has 1 saturated heterocycles. The van der Waals surface area contributed by atoms with Gasteiger partial charge in [0.1, 0.15) is 5.82 Å². The number of rotatable bonds is 4. The van der Waals surface area contributed by atoms with E-state index in [1.54, 1.807) is 0 Å². The highest BCUT2D eigenvalue weighted by molar-refractivity contribution is 6.33. The summed E-state index contributed by atoms with van der Waals surface area (Å²) in [6, 6.07) is 8.73. The summed E-state index contributed by atoms with van der Waals surface area (Å²) < 4.78 is 38.3. The lowest BCUT2D eigenvalue weighted by Crippen LogP contribution is -2.41. The summed E-state index contributed by atoms with van der Waals surface area (Å²) in [5.41, 5.74) is 1.34. The number of aryl methyl sites for hydroxylation is 1. The second-order valence-corrected chi connectivity index (χ2v) is 7.78. The van der Waals surface area contributed by atoms with Crippen LogP contribution in [0.3, 0.4) is 0 Å². The molecule has 1 unspecified atom stereocenters. The third-order valence-electron chi connectivity index (χ3n) is 5.33. The maximum atomic E-state index is 12.8. The zero-order valence-corrected chi connectivity index (χ0v) is 17.0. The fourth-order valence-electron chi connectivity index (χ4n) is 3.65. The summed E-state index contributed by atoms with van der Waals surface area (Å²) in [4.78, 5) is 18.4. The molecule has 0 bridgehead atoms. The fraction of sp³-hybridized carbons (Fsp3) is 0.429. The molecule has 1 atom stereocenters. The molecule has 0 spiro atoms. The number of nitrogens with one attached hydrogen (secondary N) is 1. The number of alkyl halides is 3. The van der Waals surface area contributed by atoms with Gasteiger partial charge in [-0.05, 0) is 43.9 Å². The number of amides is 1. The van der Waals surface area contributed by atoms with Crippen molar-refractivity contribution < 1.29 is 18.0 Å². The number of hydrogen-bond acceptors (Lipinski definition) is 3. The minimum atomic E-state index is -4.48. The number of pyridine rings is 1. The number of hydrogen-bond donors (Lipinski definition) is 1. The van der Waals surface area contributed by atoms with Crippen LogP contribution in [0.25, 0.3) is 0 Å². The first-order chi connectivity index (χ1) is 13.7. The third kappa shape index (κ3) is 5.01. The number of halogens is 4. The van der Waals surface area contributed by atoms with Gasteiger partial charge in [-0.2, -0.15) is 13.2 Å². The van der Waals surface area contributed by atoms with Crippen LogP contribution in [0, 0.1) is 12.8 Å². The van der Waals surface area contributed by atoms with E-state index in [2.05, 4.69) is 10.3 Å². The van der Waals surface area contributed by atoms with Crippen molar-refractivity contribution in [1.29, 1.82) is 0 Å². The average molecular weight is 426 g/mol. The number of benzene rings is 1. The predicted molar refractivity (Wildman–Crippen MR) is 107 cm³/mol. The summed E-state index contributed by atoms with van der Waals surface area (Å²) in [6.07, 6.45) is -2.51. The largest absolute Gasteiger partial charge is 0.417 e. The lowest BCUT2D eigenvalue weighted by Gasteiger charge is -2.33. The van der Waals surface area contributed by atoms with Crippen molar-refractivity contribution in [2.45, 2.75) is 38.9 Å². The van der Waals surface area contributed by atoms with Gasteiger partial charge in [0.05, 0.1) is 16.6 Å². The molecule has 1 amide bonds. The molecule has 0 saturated carbocycles. The predicted octanol–water partition coefficient (Wildman–Crippen LogP) is 5.16. The monoisotopic (exact) mass is 425 g/mol. The van der Waals surface area contributed by atoms with Gasteiger partial charge in [-0.15, -0.1) is 0 Å². The van der Waals surface area contributed by atoms with Crippen molar-refractivity contribution in [3.8, 4) is 0 Å². The molecule has 29 heavy (non-hydrogen) atoms. The molecule has 0 aliphatic carbocycles. The third-order valence-corrected chi connectivity index (χ3v) is 5.61. The Labute approximate surface area is 173 Å². The smallest absolute Gasteiger partial charge is 0.355 e. The molecular formula is C21H23ClF3N3O. The Morgan fingerprint density at radius 3 is 2.52 bits per heavy atom. The molecule has 8 heteroatoms. The first-order valence-electron chi connectivity index (χ1n) is 9.50. The summed E-state index contributed by atoms with van der Waals surface area (Å²) >= 11 is 6.04. The number of anilines is 1. The van der Waals surface area contributed by atoms with Gasteiger partial charge in [0.2, 0.25) is 5.91 Å². The van der Waals surface area contributed by atoms with Gasteiger partial charge in [0, 0.05) is 25.2 Å². The molecule has 3 rings (SSSR count). The molecule has 2 aromatic rings. The Hall–Kier alpha value is -2.28. The molecule has 4 nitrogen and oxygen atoms in total. The van der Waals surface area contributed by atoms with E-state index in [4.69, 9.17) is 11.6 Å². The van der Waals surface area contributed by atoms with Gasteiger partial charge in [-0.1, -0.05) is 35.9 Å². The summed E-state index contributed by atoms with van der Waals surface area (Å²) in [7, 11) is 0. The Morgan fingerprint density at radius 2 is 1.93 bits per heavy atom. The number of carbonyl (C=O) groups excluding carboxylic acids is 1. The molecule has 2 heterocycles. The quantitative estimate of drug-likeness (QED) is 0.736. The number of piperidine rings is 1. The highest BCUT2D eigenvalue weighted by atomic mass is 35.5. The first kappa shape index (κ1) is 21.4. The Kier molecular flexibility index (Phi) is 6.36. The highest BCUT2D eigenvalue weighted by Crippen LogP contribution is 2.34. The van der Waals surface area contributed by atoms with Crippen molar-refractivity contribution in [2.75, 3.05) is 18.0 Å². The minimum Gasteiger partial charge on any atom is -0.355 e. The molecule has 156 valence electrons. The second-order valence-electron chi connectivity index (χ2n) is 7.38. The van der Waals surface area contributed by atoms with E-state index in [0.717, 1.165) is 23.4 Å². The molecular weight excluding hydrogens is 403 g/mol. The van der Waals surface area contributed by atoms with Crippen LogP contribution in [0.5, 0.6) is 0 Å². The second kappa shape index (κ2) is 8.61. The molecule has 0 radical (unpaired) electrons. The van der Waals surface area contributed by atoms with Gasteiger partial charge in [-0.25, -0.2) is 4.98 Å². The van der Waals surface area contributed by atoms with E-state index in [1.165, 1.54) is 0 Å². The highest BCUT2D eigenvalue weighted by Gasteiger charge is 2.33. The van der Waals surface area contributed by atoms with E-state index < -0.39 is 11.7 Å². The minimum absolute atomic E-state index is 0.00752. The molecule has 1 aliphatic rings. The zero-order chi connectivity index (χ0) is 21.2.